The normalized spacial score (nSPS) is 12.6. The van der Waals surface area contributed by atoms with E-state index in [0.717, 1.165) is 15.3 Å². The molecule has 1 rings (SSSR count). The van der Waals surface area contributed by atoms with Crippen molar-refractivity contribution < 1.29 is 0 Å². The van der Waals surface area contributed by atoms with E-state index in [9.17, 15) is 0 Å². The van der Waals surface area contributed by atoms with E-state index in [2.05, 4.69) is 50.5 Å². The Balaban J connectivity index is 3.78. The number of benzene rings is 1. The second-order valence-corrected chi connectivity index (χ2v) is 5.70. The maximum absolute atomic E-state index is 4.15. The molecule has 0 aliphatic heterocycles. The van der Waals surface area contributed by atoms with Gasteiger partial charge in [0, 0.05) is 15.4 Å². The molecule has 0 aromatic heterocycles. The average molecular weight is 288 g/mol. The first-order valence-electron chi connectivity index (χ1n) is 5.99. The van der Waals surface area contributed by atoms with Crippen LogP contribution < -0.4 is 10.4 Å². The Bertz CT molecular complexity index is 621. The standard InChI is InChI=1S/C17H20S2/c1-7-9-15-12(3)10-11-16(19-6)17(15)14(8-2)13(4)18-5/h7-11H,1,3-4H2,2,5-6H3/b14-8+,15-9+. The summed E-state index contributed by atoms with van der Waals surface area (Å²) < 4.78 is 0. The topological polar surface area (TPSA) is 0 Å². The molecule has 0 saturated heterocycles. The Morgan fingerprint density at radius 3 is 2.42 bits per heavy atom. The predicted molar refractivity (Wildman–Crippen MR) is 94.0 cm³/mol. The summed E-state index contributed by atoms with van der Waals surface area (Å²) in [7, 11) is 0. The zero-order valence-electron chi connectivity index (χ0n) is 11.8. The van der Waals surface area contributed by atoms with Crippen LogP contribution in [0.3, 0.4) is 0 Å². The number of hydrogen-bond acceptors (Lipinski definition) is 2. The van der Waals surface area contributed by atoms with Crippen LogP contribution in [0.4, 0.5) is 0 Å². The lowest BCUT2D eigenvalue weighted by atomic mass is 10.0. The SMILES string of the molecule is C=C/C=c1/c(/C(=C/C)C(=C)SC)c(SC)ccc1=C. The van der Waals surface area contributed by atoms with Gasteiger partial charge in [-0.1, -0.05) is 44.0 Å². The lowest BCUT2D eigenvalue weighted by Crippen LogP contribution is -2.27. The number of allylic oxidation sites excluding steroid dienone is 3. The minimum atomic E-state index is 1.01. The van der Waals surface area contributed by atoms with Crippen LogP contribution in [0.5, 0.6) is 0 Å². The molecule has 1 aromatic rings. The molecule has 0 spiro atoms. The molecule has 0 heterocycles. The zero-order chi connectivity index (χ0) is 14.4. The van der Waals surface area contributed by atoms with Crippen molar-refractivity contribution in [2.24, 2.45) is 0 Å². The third-order valence-corrected chi connectivity index (χ3v) is 4.40. The van der Waals surface area contributed by atoms with Gasteiger partial charge in [-0.05, 0) is 41.5 Å². The van der Waals surface area contributed by atoms with E-state index in [0.29, 0.717) is 0 Å². The summed E-state index contributed by atoms with van der Waals surface area (Å²) in [5.41, 5.74) is 2.39. The first-order valence-corrected chi connectivity index (χ1v) is 8.44. The maximum atomic E-state index is 4.15. The largest absolute Gasteiger partial charge is 0.130 e. The summed E-state index contributed by atoms with van der Waals surface area (Å²) in [6.45, 7) is 14.1. The van der Waals surface area contributed by atoms with Gasteiger partial charge in [0.1, 0.15) is 0 Å². The van der Waals surface area contributed by atoms with E-state index >= 15 is 0 Å². The molecular weight excluding hydrogens is 268 g/mol. The Morgan fingerprint density at radius 2 is 1.95 bits per heavy atom. The molecule has 0 bridgehead atoms. The smallest absolute Gasteiger partial charge is 0.0154 e. The summed E-state index contributed by atoms with van der Waals surface area (Å²) in [5.74, 6) is 0. The lowest BCUT2D eigenvalue weighted by molar-refractivity contribution is 1.33. The first kappa shape index (κ1) is 15.9. The molecule has 0 aliphatic carbocycles. The number of thioether (sulfide) groups is 2. The van der Waals surface area contributed by atoms with E-state index < -0.39 is 0 Å². The minimum Gasteiger partial charge on any atom is -0.130 e. The average Bonchev–Trinajstić information content (AvgIpc) is 2.43. The van der Waals surface area contributed by atoms with Crippen molar-refractivity contribution >= 4 is 41.8 Å². The van der Waals surface area contributed by atoms with Gasteiger partial charge in [0.05, 0.1) is 0 Å². The molecule has 19 heavy (non-hydrogen) atoms. The third-order valence-electron chi connectivity index (χ3n) is 2.91. The van der Waals surface area contributed by atoms with Gasteiger partial charge in [-0.3, -0.25) is 0 Å². The fraction of sp³-hybridized carbons (Fsp3) is 0.176. The summed E-state index contributed by atoms with van der Waals surface area (Å²) in [5, 5.41) is 2.14. The van der Waals surface area contributed by atoms with E-state index in [1.165, 1.54) is 16.0 Å². The van der Waals surface area contributed by atoms with Crippen LogP contribution in [0.25, 0.3) is 18.2 Å². The molecule has 0 N–H and O–H groups in total. The van der Waals surface area contributed by atoms with Crippen molar-refractivity contribution in [1.82, 2.24) is 0 Å². The van der Waals surface area contributed by atoms with Gasteiger partial charge in [0.2, 0.25) is 0 Å². The Hall–Kier alpha value is -1.12. The van der Waals surface area contributed by atoms with Gasteiger partial charge in [0.15, 0.2) is 0 Å². The molecule has 0 atom stereocenters. The van der Waals surface area contributed by atoms with Crippen molar-refractivity contribution in [3.63, 3.8) is 0 Å². The maximum Gasteiger partial charge on any atom is 0.0154 e. The second kappa shape index (κ2) is 7.46. The molecule has 0 fully saturated rings. The lowest BCUT2D eigenvalue weighted by Gasteiger charge is -2.14. The van der Waals surface area contributed by atoms with Gasteiger partial charge >= 0.3 is 0 Å². The predicted octanol–water partition coefficient (Wildman–Crippen LogP) is 4.07. The first-order chi connectivity index (χ1) is 9.10. The Labute approximate surface area is 124 Å². The van der Waals surface area contributed by atoms with E-state index in [4.69, 9.17) is 0 Å². The van der Waals surface area contributed by atoms with Crippen LogP contribution >= 0.6 is 23.5 Å². The molecule has 0 unspecified atom stereocenters. The van der Waals surface area contributed by atoms with Crippen LogP contribution in [0, 0.1) is 0 Å². The van der Waals surface area contributed by atoms with E-state index in [-0.39, 0.29) is 0 Å². The fourth-order valence-electron chi connectivity index (χ4n) is 1.95. The van der Waals surface area contributed by atoms with Gasteiger partial charge in [-0.25, -0.2) is 0 Å². The molecule has 0 amide bonds. The zero-order valence-corrected chi connectivity index (χ0v) is 13.5. The third kappa shape index (κ3) is 3.46. The van der Waals surface area contributed by atoms with E-state index in [1.807, 2.05) is 19.1 Å². The van der Waals surface area contributed by atoms with Crippen LogP contribution in [-0.2, 0) is 0 Å². The molecule has 1 aromatic carbocycles. The molecule has 0 radical (unpaired) electrons. The number of rotatable bonds is 5. The van der Waals surface area contributed by atoms with Gasteiger partial charge in [-0.15, -0.1) is 23.5 Å². The summed E-state index contributed by atoms with van der Waals surface area (Å²) in [6, 6.07) is 4.18. The van der Waals surface area contributed by atoms with E-state index in [1.54, 1.807) is 23.5 Å². The van der Waals surface area contributed by atoms with Crippen molar-refractivity contribution in [2.75, 3.05) is 12.5 Å². The monoisotopic (exact) mass is 288 g/mol. The highest BCUT2D eigenvalue weighted by molar-refractivity contribution is 8.03. The summed E-state index contributed by atoms with van der Waals surface area (Å²) >= 11 is 3.41. The number of hydrogen-bond donors (Lipinski definition) is 0. The van der Waals surface area contributed by atoms with Crippen LogP contribution in [0.1, 0.15) is 12.5 Å². The van der Waals surface area contributed by atoms with Crippen molar-refractivity contribution in [3.8, 4) is 0 Å². The van der Waals surface area contributed by atoms with Gasteiger partial charge in [0.25, 0.3) is 0 Å². The van der Waals surface area contributed by atoms with Crippen molar-refractivity contribution in [1.29, 1.82) is 0 Å². The quantitative estimate of drug-likeness (QED) is 0.592. The Kier molecular flexibility index (Phi) is 6.26. The molecular formula is C17H20S2. The summed E-state index contributed by atoms with van der Waals surface area (Å²) in [6.07, 6.45) is 10.1. The van der Waals surface area contributed by atoms with Crippen molar-refractivity contribution in [3.05, 3.63) is 58.3 Å². The highest BCUT2D eigenvalue weighted by Gasteiger charge is 2.11. The highest BCUT2D eigenvalue weighted by Crippen LogP contribution is 2.31. The molecule has 100 valence electrons. The van der Waals surface area contributed by atoms with Crippen LogP contribution in [0.2, 0.25) is 0 Å². The minimum absolute atomic E-state index is 1.01. The Morgan fingerprint density at radius 1 is 1.26 bits per heavy atom. The molecule has 2 heteroatoms. The van der Waals surface area contributed by atoms with Crippen LogP contribution in [0.15, 0.2) is 47.2 Å². The van der Waals surface area contributed by atoms with Crippen molar-refractivity contribution in [2.45, 2.75) is 11.8 Å². The fourth-order valence-corrected chi connectivity index (χ4v) is 3.02. The molecule has 0 aliphatic rings. The van der Waals surface area contributed by atoms with Crippen LogP contribution in [-0.4, -0.2) is 12.5 Å². The highest BCUT2D eigenvalue weighted by atomic mass is 32.2. The van der Waals surface area contributed by atoms with Gasteiger partial charge in [-0.2, -0.15) is 0 Å². The molecule has 0 nitrogen and oxygen atoms in total. The molecule has 0 saturated carbocycles. The second-order valence-electron chi connectivity index (χ2n) is 3.95. The van der Waals surface area contributed by atoms with Gasteiger partial charge < -0.3 is 0 Å². The summed E-state index contributed by atoms with van der Waals surface area (Å²) in [4.78, 5) is 2.31.